The van der Waals surface area contributed by atoms with Crippen LogP contribution in [-0.2, 0) is 9.31 Å². The van der Waals surface area contributed by atoms with Crippen LogP contribution in [0.5, 0.6) is 0 Å². The highest BCUT2D eigenvalue weighted by atomic mass is 35.5. The summed E-state index contributed by atoms with van der Waals surface area (Å²) in [5.41, 5.74) is 15.4. The van der Waals surface area contributed by atoms with Crippen LogP contribution in [-0.4, -0.2) is 68.2 Å². The summed E-state index contributed by atoms with van der Waals surface area (Å²) in [7, 11) is -0.392. The van der Waals surface area contributed by atoms with Gasteiger partial charge in [0, 0.05) is 103 Å². The maximum absolute atomic E-state index is 6.11. The van der Waals surface area contributed by atoms with Crippen LogP contribution in [0.3, 0.4) is 0 Å². The van der Waals surface area contributed by atoms with Crippen molar-refractivity contribution < 1.29 is 9.31 Å². The molecule has 0 bridgehead atoms. The number of hydrogen-bond donors (Lipinski definition) is 0. The molecular formula is C74H53BCl2N10O2. The second-order valence-corrected chi connectivity index (χ2v) is 23.4. The van der Waals surface area contributed by atoms with E-state index in [9.17, 15) is 0 Å². The van der Waals surface area contributed by atoms with Crippen molar-refractivity contribution in [2.24, 2.45) is 0 Å². The van der Waals surface area contributed by atoms with Gasteiger partial charge in [0.1, 0.15) is 10.3 Å². The monoisotopic (exact) mass is 1190 g/mol. The van der Waals surface area contributed by atoms with Crippen molar-refractivity contribution in [3.8, 4) is 67.5 Å². The Morgan fingerprint density at radius 2 is 0.652 bits per heavy atom. The van der Waals surface area contributed by atoms with Crippen LogP contribution in [0.4, 0.5) is 0 Å². The summed E-state index contributed by atoms with van der Waals surface area (Å²) in [5, 5.41) is 6.95. The van der Waals surface area contributed by atoms with Crippen LogP contribution < -0.4 is 5.46 Å². The molecule has 1 saturated heterocycles. The molecule has 1 fully saturated rings. The minimum Gasteiger partial charge on any atom is -0.399 e. The van der Waals surface area contributed by atoms with Gasteiger partial charge in [-0.15, -0.1) is 0 Å². The summed E-state index contributed by atoms with van der Waals surface area (Å²) in [6.45, 7) is 8.22. The molecule has 7 aromatic carbocycles. The number of halogens is 2. The van der Waals surface area contributed by atoms with Gasteiger partial charge in [0.25, 0.3) is 0 Å². The molecule has 0 spiro atoms. The molecule has 0 saturated carbocycles. The lowest BCUT2D eigenvalue weighted by Gasteiger charge is -2.32. The van der Waals surface area contributed by atoms with Gasteiger partial charge in [0.15, 0.2) is 11.6 Å². The number of rotatable bonds is 7. The largest absolute Gasteiger partial charge is 0.496 e. The SMILES string of the molecule is CC1(C)OB(c2cnc3c(ccc4cccnc43)c2)OC1(C)C.Clc1cc(Cl)nc(-c2ccc(-c3ccccc3)cc2)n1.c1ccc(-c2ccc(-c3nc(-c4cnc5c(ccc6cccnc65)c4)cc(-c4cnc5c(ccc6cccnc65)c4)n3)cc2)cc1. The zero-order valence-electron chi connectivity index (χ0n) is 48.8. The van der Waals surface area contributed by atoms with E-state index in [0.29, 0.717) is 22.0 Å². The van der Waals surface area contributed by atoms with E-state index in [1.54, 1.807) is 18.6 Å². The van der Waals surface area contributed by atoms with Gasteiger partial charge in [-0.3, -0.25) is 29.9 Å². The molecule has 1 aliphatic heterocycles. The lowest BCUT2D eigenvalue weighted by atomic mass is 9.80. The summed E-state index contributed by atoms with van der Waals surface area (Å²) in [6.07, 6.45) is 11.0. The Morgan fingerprint density at radius 1 is 0.303 bits per heavy atom. The fraction of sp³-hybridized carbons (Fsp3) is 0.0811. The normalized spacial score (nSPS) is 13.3. The van der Waals surface area contributed by atoms with Crippen molar-refractivity contribution in [3.05, 3.63) is 260 Å². The summed E-state index contributed by atoms with van der Waals surface area (Å²) < 4.78 is 12.2. The Kier molecular flexibility index (Phi) is 15.1. The number of fused-ring (bicyclic) bond motifs is 9. The van der Waals surface area contributed by atoms with Gasteiger partial charge >= 0.3 is 7.12 Å². The van der Waals surface area contributed by atoms with Gasteiger partial charge in [-0.1, -0.05) is 193 Å². The smallest absolute Gasteiger partial charge is 0.399 e. The third-order valence-corrected chi connectivity index (χ3v) is 16.7. The molecule has 428 valence electrons. The van der Waals surface area contributed by atoms with Gasteiger partial charge in [-0.25, -0.2) is 19.9 Å². The lowest BCUT2D eigenvalue weighted by molar-refractivity contribution is 0.00578. The fourth-order valence-corrected chi connectivity index (χ4v) is 11.3. The molecule has 0 radical (unpaired) electrons. The first-order valence-electron chi connectivity index (χ1n) is 29.0. The van der Waals surface area contributed by atoms with Crippen molar-refractivity contribution in [1.29, 1.82) is 0 Å². The Hall–Kier alpha value is -10.3. The number of nitrogens with zero attached hydrogens (tertiary/aromatic N) is 10. The zero-order chi connectivity index (χ0) is 60.6. The Bertz CT molecular complexity index is 4970. The van der Waals surface area contributed by atoms with Crippen LogP contribution in [0.1, 0.15) is 27.7 Å². The maximum atomic E-state index is 6.11. The topological polar surface area (TPSA) is 147 Å². The predicted molar refractivity (Wildman–Crippen MR) is 361 cm³/mol. The van der Waals surface area contributed by atoms with Gasteiger partial charge in [-0.2, -0.15) is 0 Å². The van der Waals surface area contributed by atoms with Gasteiger partial charge in [0.05, 0.1) is 55.7 Å². The molecule has 0 atom stereocenters. The molecular weight excluding hydrogens is 1140 g/mol. The van der Waals surface area contributed by atoms with E-state index in [0.717, 1.165) is 121 Å². The highest BCUT2D eigenvalue weighted by molar-refractivity contribution is 6.62. The first-order valence-corrected chi connectivity index (χ1v) is 29.8. The van der Waals surface area contributed by atoms with Gasteiger partial charge < -0.3 is 9.31 Å². The highest BCUT2D eigenvalue weighted by Gasteiger charge is 2.52. The predicted octanol–water partition coefficient (Wildman–Crippen LogP) is 17.5. The number of aromatic nitrogens is 10. The van der Waals surface area contributed by atoms with Crippen LogP contribution >= 0.6 is 23.2 Å². The Balaban J connectivity index is 0.000000134. The van der Waals surface area contributed by atoms with E-state index in [2.05, 4.69) is 185 Å². The van der Waals surface area contributed by atoms with Crippen LogP contribution in [0.25, 0.3) is 133 Å². The maximum Gasteiger partial charge on any atom is 0.496 e. The van der Waals surface area contributed by atoms with Crippen molar-refractivity contribution >= 4 is 101 Å². The number of benzene rings is 7. The summed E-state index contributed by atoms with van der Waals surface area (Å²) >= 11 is 11.8. The van der Waals surface area contributed by atoms with E-state index < -0.39 is 7.12 Å². The molecule has 8 aromatic heterocycles. The standard InChI is InChI=1S/C40H24N6.C18H19BN2O2.C16H10Cl2N2/c1-2-6-25(7-3-1)26-10-14-29(15-11-26)40-45-34(32-20-30-16-12-27-8-4-18-41-36(27)38(30)43-23-32)22-35(46-40)33-21-31-17-13-28-9-5-19-42-37(28)39(31)44-24-33;1-17(2)18(3,4)23-19(22-17)14-10-13-8-7-12-6-5-9-20-15(12)16(13)21-11-14;17-14-10-15(18)20-16(19-14)13-8-6-12(7-9-13)11-4-2-1-3-5-11/h1-24H;5-11H,1-4H3;1-10H. The average Bonchev–Trinajstić information content (AvgIpc) is 2.03. The molecule has 9 heterocycles. The summed E-state index contributed by atoms with van der Waals surface area (Å²) in [4.78, 5) is 46.5. The first kappa shape index (κ1) is 56.5. The summed E-state index contributed by atoms with van der Waals surface area (Å²) in [5.74, 6) is 1.16. The minimum atomic E-state index is -0.392. The Labute approximate surface area is 523 Å². The van der Waals surface area contributed by atoms with Gasteiger partial charge in [0.2, 0.25) is 0 Å². The first-order chi connectivity index (χ1) is 43.4. The molecule has 0 amide bonds. The van der Waals surface area contributed by atoms with Crippen molar-refractivity contribution in [3.63, 3.8) is 0 Å². The zero-order valence-corrected chi connectivity index (χ0v) is 50.3. The summed E-state index contributed by atoms with van der Waals surface area (Å²) in [6, 6.07) is 71.3. The molecule has 15 heteroatoms. The van der Waals surface area contributed by atoms with E-state index in [-0.39, 0.29) is 11.2 Å². The lowest BCUT2D eigenvalue weighted by Crippen LogP contribution is -2.41. The average molecular weight is 1200 g/mol. The molecule has 15 aromatic rings. The highest BCUT2D eigenvalue weighted by Crippen LogP contribution is 2.38. The molecule has 0 N–H and O–H groups in total. The quantitative estimate of drug-likeness (QED) is 0.0850. The fourth-order valence-electron chi connectivity index (χ4n) is 10.9. The molecule has 0 aliphatic carbocycles. The molecule has 0 unspecified atom stereocenters. The minimum absolute atomic E-state index is 0.340. The van der Waals surface area contributed by atoms with Crippen LogP contribution in [0, 0.1) is 0 Å². The van der Waals surface area contributed by atoms with E-state index >= 15 is 0 Å². The Morgan fingerprint density at radius 3 is 1.08 bits per heavy atom. The molecule has 89 heavy (non-hydrogen) atoms. The molecule has 1 aliphatic rings. The van der Waals surface area contributed by atoms with E-state index in [1.165, 1.54) is 11.6 Å². The van der Waals surface area contributed by atoms with Crippen LogP contribution in [0.2, 0.25) is 10.3 Å². The van der Waals surface area contributed by atoms with Crippen molar-refractivity contribution in [2.45, 2.75) is 38.9 Å². The van der Waals surface area contributed by atoms with Crippen molar-refractivity contribution in [2.75, 3.05) is 0 Å². The second-order valence-electron chi connectivity index (χ2n) is 22.6. The third-order valence-electron chi connectivity index (χ3n) is 16.3. The molecule has 12 nitrogen and oxygen atoms in total. The second kappa shape index (κ2) is 23.8. The number of hydrogen-bond acceptors (Lipinski definition) is 12. The third kappa shape index (κ3) is 11.6. The molecule has 16 rings (SSSR count). The number of pyridine rings is 6. The van der Waals surface area contributed by atoms with E-state index in [4.69, 9.17) is 52.4 Å². The van der Waals surface area contributed by atoms with Crippen LogP contribution in [0.15, 0.2) is 250 Å². The van der Waals surface area contributed by atoms with Gasteiger partial charge in [-0.05, 0) is 86.3 Å². The van der Waals surface area contributed by atoms with E-state index in [1.807, 2.05) is 97.5 Å². The van der Waals surface area contributed by atoms with Crippen molar-refractivity contribution in [1.82, 2.24) is 49.8 Å².